The molecule has 0 aliphatic heterocycles. The standard InChI is InChI=1S/C7H13BrO/c1-2-9-7(5-8)6-3-4-6/h6-7H,2-5H2,1H3/t7-/m0/s1. The average Bonchev–Trinajstić information content (AvgIpc) is 2.64. The number of hydrogen-bond acceptors (Lipinski definition) is 1. The molecule has 0 N–H and O–H groups in total. The predicted octanol–water partition coefficient (Wildman–Crippen LogP) is 2.20. The van der Waals surface area contributed by atoms with E-state index in [9.17, 15) is 0 Å². The molecule has 0 radical (unpaired) electrons. The second-order valence-corrected chi connectivity index (χ2v) is 3.13. The molecule has 1 aliphatic rings. The zero-order valence-electron chi connectivity index (χ0n) is 5.77. The second-order valence-electron chi connectivity index (χ2n) is 2.49. The average molecular weight is 193 g/mol. The van der Waals surface area contributed by atoms with Gasteiger partial charge in [0.25, 0.3) is 0 Å². The van der Waals surface area contributed by atoms with Crippen molar-refractivity contribution in [3.8, 4) is 0 Å². The summed E-state index contributed by atoms with van der Waals surface area (Å²) in [5.74, 6) is 0.865. The monoisotopic (exact) mass is 192 g/mol. The Balaban J connectivity index is 2.12. The van der Waals surface area contributed by atoms with E-state index in [1.165, 1.54) is 12.8 Å². The number of rotatable bonds is 4. The first-order chi connectivity index (χ1) is 4.38. The van der Waals surface area contributed by atoms with Gasteiger partial charge in [0.2, 0.25) is 0 Å². The van der Waals surface area contributed by atoms with Crippen molar-refractivity contribution in [2.45, 2.75) is 25.9 Å². The van der Waals surface area contributed by atoms with E-state index in [-0.39, 0.29) is 0 Å². The summed E-state index contributed by atoms with van der Waals surface area (Å²) < 4.78 is 5.47. The van der Waals surface area contributed by atoms with Crippen molar-refractivity contribution in [2.75, 3.05) is 11.9 Å². The maximum atomic E-state index is 5.47. The normalized spacial score (nSPS) is 22.0. The third-order valence-corrected chi connectivity index (χ3v) is 2.32. The molecule has 9 heavy (non-hydrogen) atoms. The van der Waals surface area contributed by atoms with Gasteiger partial charge in [0.1, 0.15) is 0 Å². The highest BCUT2D eigenvalue weighted by atomic mass is 79.9. The van der Waals surface area contributed by atoms with Crippen molar-refractivity contribution in [1.82, 2.24) is 0 Å². The fourth-order valence-electron chi connectivity index (χ4n) is 0.989. The van der Waals surface area contributed by atoms with Gasteiger partial charge in [-0.1, -0.05) is 15.9 Å². The van der Waals surface area contributed by atoms with Crippen molar-refractivity contribution in [3.63, 3.8) is 0 Å². The van der Waals surface area contributed by atoms with Gasteiger partial charge in [0.15, 0.2) is 0 Å². The quantitative estimate of drug-likeness (QED) is 0.622. The van der Waals surface area contributed by atoms with Crippen molar-refractivity contribution >= 4 is 15.9 Å². The van der Waals surface area contributed by atoms with E-state index in [0.29, 0.717) is 6.10 Å². The maximum Gasteiger partial charge on any atom is 0.0699 e. The van der Waals surface area contributed by atoms with Crippen LogP contribution in [0.2, 0.25) is 0 Å². The Morgan fingerprint density at radius 1 is 1.67 bits per heavy atom. The molecule has 0 amide bonds. The van der Waals surface area contributed by atoms with Crippen LogP contribution in [0.15, 0.2) is 0 Å². The lowest BCUT2D eigenvalue weighted by molar-refractivity contribution is 0.0652. The molecule has 1 nitrogen and oxygen atoms in total. The summed E-state index contributed by atoms with van der Waals surface area (Å²) in [7, 11) is 0. The molecule has 2 heteroatoms. The molecule has 0 aromatic carbocycles. The third-order valence-electron chi connectivity index (χ3n) is 1.68. The van der Waals surface area contributed by atoms with E-state index < -0.39 is 0 Å². The zero-order chi connectivity index (χ0) is 6.69. The van der Waals surface area contributed by atoms with Gasteiger partial charge in [-0.25, -0.2) is 0 Å². The van der Waals surface area contributed by atoms with Crippen LogP contribution in [0.1, 0.15) is 19.8 Å². The first-order valence-electron chi connectivity index (χ1n) is 3.56. The summed E-state index contributed by atoms with van der Waals surface area (Å²) in [6.07, 6.45) is 3.24. The molecule has 1 atom stereocenters. The lowest BCUT2D eigenvalue weighted by Crippen LogP contribution is -2.16. The van der Waals surface area contributed by atoms with E-state index >= 15 is 0 Å². The molecule has 0 saturated heterocycles. The molecule has 0 heterocycles. The first kappa shape index (κ1) is 7.55. The lowest BCUT2D eigenvalue weighted by Gasteiger charge is -2.11. The fraction of sp³-hybridized carbons (Fsp3) is 1.00. The Bertz CT molecular complexity index is 81.0. The zero-order valence-corrected chi connectivity index (χ0v) is 7.36. The molecule has 1 rings (SSSR count). The second kappa shape index (κ2) is 3.57. The summed E-state index contributed by atoms with van der Waals surface area (Å²) >= 11 is 3.43. The van der Waals surface area contributed by atoms with Crippen LogP contribution in [0, 0.1) is 5.92 Å². The molecular weight excluding hydrogens is 180 g/mol. The molecule has 0 bridgehead atoms. The van der Waals surface area contributed by atoms with Gasteiger partial charge in [-0.3, -0.25) is 0 Å². The van der Waals surface area contributed by atoms with Crippen LogP contribution in [0.4, 0.5) is 0 Å². The summed E-state index contributed by atoms with van der Waals surface area (Å²) in [5.41, 5.74) is 0. The van der Waals surface area contributed by atoms with Gasteiger partial charge >= 0.3 is 0 Å². The molecule has 0 aromatic rings. The largest absolute Gasteiger partial charge is 0.377 e. The molecule has 1 aliphatic carbocycles. The van der Waals surface area contributed by atoms with Gasteiger partial charge < -0.3 is 4.74 Å². The van der Waals surface area contributed by atoms with Crippen LogP contribution in [0.3, 0.4) is 0 Å². The van der Waals surface area contributed by atoms with Crippen molar-refractivity contribution < 1.29 is 4.74 Å². The third kappa shape index (κ3) is 2.26. The Morgan fingerprint density at radius 2 is 2.33 bits per heavy atom. The summed E-state index contributed by atoms with van der Waals surface area (Å²) in [5, 5.41) is 1.01. The van der Waals surface area contributed by atoms with E-state index in [2.05, 4.69) is 22.9 Å². The highest BCUT2D eigenvalue weighted by Crippen LogP contribution is 2.34. The van der Waals surface area contributed by atoms with E-state index in [0.717, 1.165) is 17.9 Å². The molecule has 1 saturated carbocycles. The Kier molecular flexibility index (Phi) is 2.99. The van der Waals surface area contributed by atoms with E-state index in [1.54, 1.807) is 0 Å². The predicted molar refractivity (Wildman–Crippen MR) is 41.9 cm³/mol. The van der Waals surface area contributed by atoms with Gasteiger partial charge in [0, 0.05) is 11.9 Å². The summed E-state index contributed by atoms with van der Waals surface area (Å²) in [6, 6.07) is 0. The Labute approximate surface area is 64.9 Å². The minimum Gasteiger partial charge on any atom is -0.377 e. The van der Waals surface area contributed by atoms with Crippen LogP contribution >= 0.6 is 15.9 Å². The molecule has 0 spiro atoms. The van der Waals surface area contributed by atoms with E-state index in [4.69, 9.17) is 4.74 Å². The van der Waals surface area contributed by atoms with E-state index in [1.807, 2.05) is 0 Å². The van der Waals surface area contributed by atoms with Crippen LogP contribution in [-0.2, 0) is 4.74 Å². The van der Waals surface area contributed by atoms with Crippen LogP contribution in [0.5, 0.6) is 0 Å². The Morgan fingerprint density at radius 3 is 2.67 bits per heavy atom. The number of alkyl halides is 1. The van der Waals surface area contributed by atoms with Crippen LogP contribution in [-0.4, -0.2) is 18.0 Å². The van der Waals surface area contributed by atoms with Crippen molar-refractivity contribution in [2.24, 2.45) is 5.92 Å². The molecule has 1 fully saturated rings. The summed E-state index contributed by atoms with van der Waals surface area (Å²) in [4.78, 5) is 0. The highest BCUT2D eigenvalue weighted by Gasteiger charge is 2.30. The topological polar surface area (TPSA) is 9.23 Å². The molecule has 0 aromatic heterocycles. The van der Waals surface area contributed by atoms with Gasteiger partial charge in [0.05, 0.1) is 6.10 Å². The van der Waals surface area contributed by atoms with Crippen molar-refractivity contribution in [3.05, 3.63) is 0 Å². The summed E-state index contributed by atoms with van der Waals surface area (Å²) in [6.45, 7) is 2.91. The number of hydrogen-bond donors (Lipinski definition) is 0. The SMILES string of the molecule is CCO[C@@H](CBr)C1CC1. The van der Waals surface area contributed by atoms with Crippen LogP contribution in [0.25, 0.3) is 0 Å². The smallest absolute Gasteiger partial charge is 0.0699 e. The molecule has 54 valence electrons. The molecular formula is C7H13BrO. The first-order valence-corrected chi connectivity index (χ1v) is 4.68. The fourth-order valence-corrected chi connectivity index (χ4v) is 1.70. The van der Waals surface area contributed by atoms with Gasteiger partial charge in [-0.05, 0) is 25.7 Å². The lowest BCUT2D eigenvalue weighted by atomic mass is 10.3. The van der Waals surface area contributed by atoms with Crippen LogP contribution < -0.4 is 0 Å². The number of ether oxygens (including phenoxy) is 1. The van der Waals surface area contributed by atoms with Gasteiger partial charge in [-0.2, -0.15) is 0 Å². The maximum absolute atomic E-state index is 5.47. The highest BCUT2D eigenvalue weighted by molar-refractivity contribution is 9.09. The molecule has 0 unspecified atom stereocenters. The van der Waals surface area contributed by atoms with Gasteiger partial charge in [-0.15, -0.1) is 0 Å². The minimum atomic E-state index is 0.495. The van der Waals surface area contributed by atoms with Crippen molar-refractivity contribution in [1.29, 1.82) is 0 Å². The number of halogens is 1. The minimum absolute atomic E-state index is 0.495. The Hall–Kier alpha value is 0.440.